The fraction of sp³-hybridized carbons (Fsp3) is 0.381. The van der Waals surface area contributed by atoms with Crippen molar-refractivity contribution in [1.82, 2.24) is 0 Å². The van der Waals surface area contributed by atoms with Gasteiger partial charge in [0.1, 0.15) is 11.6 Å². The van der Waals surface area contributed by atoms with Gasteiger partial charge in [-0.2, -0.15) is 11.8 Å². The molecule has 0 aliphatic rings. The zero-order valence-electron chi connectivity index (χ0n) is 15.6. The minimum Gasteiger partial charge on any atom is -0.493 e. The van der Waals surface area contributed by atoms with Gasteiger partial charge in [0.15, 0.2) is 0 Å². The molecule has 5 heteroatoms. The molecule has 1 N–H and O–H groups in total. The van der Waals surface area contributed by atoms with E-state index in [9.17, 15) is 9.18 Å². The number of aryl methyl sites for hydroxylation is 3. The average molecular weight is 376 g/mol. The van der Waals surface area contributed by atoms with Crippen molar-refractivity contribution in [3.63, 3.8) is 0 Å². The highest BCUT2D eigenvalue weighted by Gasteiger charge is 2.08. The number of benzene rings is 2. The van der Waals surface area contributed by atoms with Crippen molar-refractivity contribution in [3.8, 4) is 5.75 Å². The van der Waals surface area contributed by atoms with Crippen molar-refractivity contribution in [1.29, 1.82) is 0 Å². The molecule has 0 heterocycles. The van der Waals surface area contributed by atoms with Crippen LogP contribution in [0, 0.1) is 26.6 Å². The third-order valence-electron chi connectivity index (χ3n) is 3.94. The first-order chi connectivity index (χ1) is 12.5. The number of ether oxygens (including phenoxy) is 1. The van der Waals surface area contributed by atoms with Crippen LogP contribution in [0.1, 0.15) is 29.5 Å². The van der Waals surface area contributed by atoms with Gasteiger partial charge in [-0.25, -0.2) is 4.39 Å². The Bertz CT molecular complexity index is 708. The first kappa shape index (κ1) is 20.3. The van der Waals surface area contributed by atoms with Crippen molar-refractivity contribution in [2.45, 2.75) is 33.6 Å². The van der Waals surface area contributed by atoms with Crippen molar-refractivity contribution in [2.24, 2.45) is 0 Å². The van der Waals surface area contributed by atoms with Gasteiger partial charge >= 0.3 is 0 Å². The standard InChI is InChI=1S/C21H26FNO2S/c1-15-13-16(2)21(17(3)14-15)23-20(24)5-4-11-26-12-10-25-19-8-6-18(22)7-9-19/h6-9,13-14H,4-5,10-12H2,1-3H3,(H,23,24). The van der Waals surface area contributed by atoms with E-state index in [1.165, 1.54) is 17.7 Å². The van der Waals surface area contributed by atoms with Crippen LogP contribution in [0.15, 0.2) is 36.4 Å². The minimum atomic E-state index is -0.263. The molecule has 0 radical (unpaired) electrons. The average Bonchev–Trinajstić information content (AvgIpc) is 2.59. The zero-order chi connectivity index (χ0) is 18.9. The molecule has 0 aromatic heterocycles. The van der Waals surface area contributed by atoms with Gasteiger partial charge in [-0.3, -0.25) is 4.79 Å². The quantitative estimate of drug-likeness (QED) is 0.606. The van der Waals surface area contributed by atoms with Gasteiger partial charge in [0, 0.05) is 17.9 Å². The SMILES string of the molecule is Cc1cc(C)c(NC(=O)CCCSCCOc2ccc(F)cc2)c(C)c1. The predicted molar refractivity (Wildman–Crippen MR) is 108 cm³/mol. The van der Waals surface area contributed by atoms with Crippen LogP contribution in [-0.2, 0) is 4.79 Å². The number of carbonyl (C=O) groups is 1. The topological polar surface area (TPSA) is 38.3 Å². The smallest absolute Gasteiger partial charge is 0.224 e. The molecule has 0 aliphatic heterocycles. The normalized spacial score (nSPS) is 10.6. The van der Waals surface area contributed by atoms with Gasteiger partial charge in [0.2, 0.25) is 5.91 Å². The summed E-state index contributed by atoms with van der Waals surface area (Å²) < 4.78 is 18.3. The van der Waals surface area contributed by atoms with Gasteiger partial charge in [-0.15, -0.1) is 0 Å². The molecular weight excluding hydrogens is 349 g/mol. The summed E-state index contributed by atoms with van der Waals surface area (Å²) in [6.45, 7) is 6.67. The maximum atomic E-state index is 12.8. The molecule has 0 aliphatic carbocycles. The number of hydrogen-bond donors (Lipinski definition) is 1. The molecule has 3 nitrogen and oxygen atoms in total. The number of nitrogens with one attached hydrogen (secondary N) is 1. The fourth-order valence-corrected chi connectivity index (χ4v) is 3.52. The summed E-state index contributed by atoms with van der Waals surface area (Å²) in [4.78, 5) is 12.1. The Labute approximate surface area is 159 Å². The molecule has 2 rings (SSSR count). The highest BCUT2D eigenvalue weighted by Crippen LogP contribution is 2.22. The van der Waals surface area contributed by atoms with Gasteiger partial charge in [0.25, 0.3) is 0 Å². The lowest BCUT2D eigenvalue weighted by Gasteiger charge is -2.12. The molecule has 0 atom stereocenters. The van der Waals surface area contributed by atoms with Crippen LogP contribution in [-0.4, -0.2) is 24.0 Å². The molecule has 1 amide bonds. The molecule has 0 saturated carbocycles. The maximum absolute atomic E-state index is 12.8. The Morgan fingerprint density at radius 3 is 2.38 bits per heavy atom. The van der Waals surface area contributed by atoms with Crippen LogP contribution in [0.3, 0.4) is 0 Å². The lowest BCUT2D eigenvalue weighted by molar-refractivity contribution is -0.116. The van der Waals surface area contributed by atoms with E-state index in [-0.39, 0.29) is 11.7 Å². The van der Waals surface area contributed by atoms with Crippen LogP contribution < -0.4 is 10.1 Å². The van der Waals surface area contributed by atoms with Crippen LogP contribution in [0.2, 0.25) is 0 Å². The van der Waals surface area contributed by atoms with E-state index < -0.39 is 0 Å². The number of rotatable bonds is 9. The van der Waals surface area contributed by atoms with Crippen molar-refractivity contribution >= 4 is 23.4 Å². The zero-order valence-corrected chi connectivity index (χ0v) is 16.4. The number of anilines is 1. The Morgan fingerprint density at radius 2 is 1.73 bits per heavy atom. The highest BCUT2D eigenvalue weighted by molar-refractivity contribution is 7.99. The van der Waals surface area contributed by atoms with E-state index in [0.717, 1.165) is 34.7 Å². The summed E-state index contributed by atoms with van der Waals surface area (Å²) in [6.07, 6.45) is 1.34. The molecule has 140 valence electrons. The molecule has 0 fully saturated rings. The summed E-state index contributed by atoms with van der Waals surface area (Å²) >= 11 is 1.75. The second kappa shape index (κ2) is 10.2. The maximum Gasteiger partial charge on any atom is 0.224 e. The molecule has 0 bridgehead atoms. The number of thioether (sulfide) groups is 1. The first-order valence-corrected chi connectivity index (χ1v) is 9.95. The van der Waals surface area contributed by atoms with Gasteiger partial charge in [-0.05, 0) is 68.3 Å². The van der Waals surface area contributed by atoms with Gasteiger partial charge in [-0.1, -0.05) is 17.7 Å². The lowest BCUT2D eigenvalue weighted by Crippen LogP contribution is -2.13. The van der Waals surface area contributed by atoms with Crippen LogP contribution in [0.25, 0.3) is 0 Å². The first-order valence-electron chi connectivity index (χ1n) is 8.79. The summed E-state index contributed by atoms with van der Waals surface area (Å²) in [6, 6.07) is 10.2. The highest BCUT2D eigenvalue weighted by atomic mass is 32.2. The molecular formula is C21H26FNO2S. The van der Waals surface area contributed by atoms with E-state index in [0.29, 0.717) is 18.8 Å². The molecule has 0 saturated heterocycles. The second-order valence-electron chi connectivity index (χ2n) is 6.34. The van der Waals surface area contributed by atoms with Gasteiger partial charge < -0.3 is 10.1 Å². The fourth-order valence-electron chi connectivity index (χ4n) is 2.77. The Hall–Kier alpha value is -2.01. The van der Waals surface area contributed by atoms with E-state index in [1.807, 2.05) is 13.8 Å². The third-order valence-corrected chi connectivity index (χ3v) is 4.98. The van der Waals surface area contributed by atoms with Crippen molar-refractivity contribution < 1.29 is 13.9 Å². The lowest BCUT2D eigenvalue weighted by atomic mass is 10.0. The molecule has 2 aromatic carbocycles. The molecule has 26 heavy (non-hydrogen) atoms. The number of carbonyl (C=O) groups excluding carboxylic acids is 1. The third kappa shape index (κ3) is 6.71. The van der Waals surface area contributed by atoms with Crippen LogP contribution >= 0.6 is 11.8 Å². The summed E-state index contributed by atoms with van der Waals surface area (Å²) in [5, 5.41) is 3.03. The summed E-state index contributed by atoms with van der Waals surface area (Å²) in [7, 11) is 0. The number of halogens is 1. The molecule has 2 aromatic rings. The molecule has 0 unspecified atom stereocenters. The van der Waals surface area contributed by atoms with E-state index in [4.69, 9.17) is 4.74 Å². The number of amides is 1. The number of hydrogen-bond acceptors (Lipinski definition) is 3. The van der Waals surface area contributed by atoms with Gasteiger partial charge in [0.05, 0.1) is 6.61 Å². The monoisotopic (exact) mass is 375 g/mol. The second-order valence-corrected chi connectivity index (χ2v) is 7.56. The van der Waals surface area contributed by atoms with Crippen molar-refractivity contribution in [3.05, 3.63) is 58.9 Å². The Balaban J connectivity index is 1.59. The van der Waals surface area contributed by atoms with Crippen LogP contribution in [0.4, 0.5) is 10.1 Å². The predicted octanol–water partition coefficient (Wildman–Crippen LogP) is 5.28. The molecule has 0 spiro atoms. The van der Waals surface area contributed by atoms with Crippen LogP contribution in [0.5, 0.6) is 5.75 Å². The van der Waals surface area contributed by atoms with E-state index in [1.54, 1.807) is 23.9 Å². The Morgan fingerprint density at radius 1 is 1.08 bits per heavy atom. The van der Waals surface area contributed by atoms with E-state index >= 15 is 0 Å². The minimum absolute atomic E-state index is 0.0585. The Kier molecular flexibility index (Phi) is 7.98. The van der Waals surface area contributed by atoms with E-state index in [2.05, 4.69) is 24.4 Å². The summed E-state index contributed by atoms with van der Waals surface area (Å²) in [5.41, 5.74) is 4.34. The summed E-state index contributed by atoms with van der Waals surface area (Å²) in [5.74, 6) is 2.22. The van der Waals surface area contributed by atoms with Crippen molar-refractivity contribution in [2.75, 3.05) is 23.4 Å². The largest absolute Gasteiger partial charge is 0.493 e.